The number of carbonyl (C=O) groups excluding carboxylic acids is 9. The van der Waals surface area contributed by atoms with Crippen LogP contribution in [0.15, 0.2) is 142 Å². The molecule has 2 unspecified atom stereocenters. The number of imide groups is 4. The summed E-state index contributed by atoms with van der Waals surface area (Å²) >= 11 is 0. The van der Waals surface area contributed by atoms with E-state index in [2.05, 4.69) is 132 Å². The van der Waals surface area contributed by atoms with Crippen LogP contribution in [0.3, 0.4) is 0 Å². The number of fused-ring (bicyclic) bond motifs is 6. The van der Waals surface area contributed by atoms with Crippen molar-refractivity contribution >= 4 is 117 Å². The fourth-order valence-electron chi connectivity index (χ4n) is 20.1. The second kappa shape index (κ2) is 38.9. The summed E-state index contributed by atoms with van der Waals surface area (Å²) in [4.78, 5) is 169. The fourth-order valence-corrected chi connectivity index (χ4v) is 20.1. The number of carboxylic acids is 1. The lowest BCUT2D eigenvalue weighted by Crippen LogP contribution is -2.57. The molecule has 41 heteroatoms. The van der Waals surface area contributed by atoms with Crippen LogP contribution in [0.2, 0.25) is 0 Å². The first-order valence-corrected chi connectivity index (χ1v) is 46.0. The van der Waals surface area contributed by atoms with E-state index in [4.69, 9.17) is 40.3 Å². The second-order valence-electron chi connectivity index (χ2n) is 36.1. The van der Waals surface area contributed by atoms with E-state index in [-0.39, 0.29) is 61.7 Å². The molecule has 6 saturated heterocycles. The van der Waals surface area contributed by atoms with Gasteiger partial charge in [0.05, 0.1) is 97.4 Å². The van der Waals surface area contributed by atoms with E-state index in [0.29, 0.717) is 109 Å². The minimum Gasteiger partial charge on any atom is -0.478 e. The van der Waals surface area contributed by atoms with Crippen molar-refractivity contribution in [1.29, 1.82) is 0 Å². The highest BCUT2D eigenvalue weighted by molar-refractivity contribution is 6.25. The number of nitrogens with one attached hydrogen (secondary N) is 3. The lowest BCUT2D eigenvalue weighted by molar-refractivity contribution is -0.137. The number of nitrogen functional groups attached to an aromatic ring is 1. The number of ether oxygens (including phenoxy) is 2. The van der Waals surface area contributed by atoms with Gasteiger partial charge in [0.1, 0.15) is 23.7 Å². The zero-order valence-electron chi connectivity index (χ0n) is 76.8. The third-order valence-corrected chi connectivity index (χ3v) is 27.8. The number of hydrogen-bond donors (Lipinski definition) is 5. The summed E-state index contributed by atoms with van der Waals surface area (Å²) in [5, 5.41) is 39.3. The van der Waals surface area contributed by atoms with Gasteiger partial charge in [0.25, 0.3) is 29.5 Å². The maximum Gasteiger partial charge on any atom is 0.335 e. The highest BCUT2D eigenvalue weighted by Gasteiger charge is 2.48. The average molecular weight is 1840 g/mol. The van der Waals surface area contributed by atoms with Gasteiger partial charge in [0.2, 0.25) is 35.5 Å². The number of allylic oxidation sites excluding steroid dienone is 2. The molecule has 0 saturated carbocycles. The Morgan fingerprint density at radius 1 is 0.481 bits per heavy atom. The van der Waals surface area contributed by atoms with Crippen LogP contribution in [0.1, 0.15) is 142 Å². The summed E-state index contributed by atoms with van der Waals surface area (Å²) < 4.78 is 15.4. The van der Waals surface area contributed by atoms with Gasteiger partial charge < -0.3 is 55.0 Å². The number of carbonyl (C=O) groups is 10. The van der Waals surface area contributed by atoms with Crippen LogP contribution < -0.4 is 51.1 Å². The molecule has 12 aliphatic rings. The number of piperazine rings is 4. The number of nitrogens with two attached hydrogens (primary N) is 1. The topological polar surface area (TPSA) is 448 Å². The molecule has 20 rings (SSSR count). The van der Waals surface area contributed by atoms with Gasteiger partial charge in [-0.25, -0.2) is 24.1 Å². The van der Waals surface area contributed by atoms with E-state index in [1.54, 1.807) is 47.8 Å². The second-order valence-corrected chi connectivity index (χ2v) is 36.1. The average Bonchev–Trinajstić information content (AvgIpc) is 1.61. The summed E-state index contributed by atoms with van der Waals surface area (Å²) in [6, 6.07) is 30.2. The van der Waals surface area contributed by atoms with Crippen LogP contribution >= 0.6 is 0 Å². The predicted molar refractivity (Wildman–Crippen MR) is 499 cm³/mol. The number of amides is 9. The van der Waals surface area contributed by atoms with Crippen LogP contribution in [0.5, 0.6) is 0 Å². The highest BCUT2D eigenvalue weighted by Crippen LogP contribution is 2.37. The van der Waals surface area contributed by atoms with E-state index in [1.165, 1.54) is 10.2 Å². The van der Waals surface area contributed by atoms with Gasteiger partial charge in [-0.1, -0.05) is 22.3 Å². The number of anilines is 8. The molecule has 4 aromatic heterocycles. The Hall–Kier alpha value is -14.0. The van der Waals surface area contributed by atoms with E-state index < -0.39 is 59.4 Å². The zero-order valence-corrected chi connectivity index (χ0v) is 76.8. The zero-order chi connectivity index (χ0) is 94.3. The molecule has 12 aliphatic heterocycles. The van der Waals surface area contributed by atoms with Crippen molar-refractivity contribution < 1.29 is 62.5 Å². The number of aromatic nitrogens is 10. The summed E-state index contributed by atoms with van der Waals surface area (Å²) in [5.41, 5.74) is 21.2. The molecule has 0 bridgehead atoms. The molecule has 9 amide bonds. The van der Waals surface area contributed by atoms with Crippen molar-refractivity contribution in [1.82, 2.24) is 90.4 Å². The third kappa shape index (κ3) is 18.8. The molecule has 16 heterocycles. The molecule has 0 radical (unpaired) electrons. The van der Waals surface area contributed by atoms with Crippen molar-refractivity contribution in [2.24, 2.45) is 9.98 Å². The number of tetrazole rings is 2. The number of rotatable bonds is 23. The fraction of sp³-hybridized carbons (Fsp3) is 0.447. The van der Waals surface area contributed by atoms with Gasteiger partial charge in [-0.15, -0.1) is 0 Å². The Bertz CT molecular complexity index is 6150. The van der Waals surface area contributed by atoms with Gasteiger partial charge in [-0.3, -0.25) is 93.2 Å². The van der Waals surface area contributed by atoms with E-state index >= 15 is 0 Å². The van der Waals surface area contributed by atoms with Crippen molar-refractivity contribution in [3.63, 3.8) is 0 Å². The van der Waals surface area contributed by atoms with Crippen LogP contribution in [0.4, 0.5) is 46.3 Å². The first-order valence-electron chi connectivity index (χ1n) is 46.0. The molecule has 6 atom stereocenters. The maximum absolute atomic E-state index is 13.5. The van der Waals surface area contributed by atoms with Gasteiger partial charge in [-0.05, 0) is 171 Å². The number of piperidine rings is 2. The molecule has 6 N–H and O–H groups in total. The Morgan fingerprint density at radius 3 is 1.36 bits per heavy atom. The summed E-state index contributed by atoms with van der Waals surface area (Å²) in [6.45, 7) is 30.3. The minimum atomic E-state index is -0.980. The Kier molecular flexibility index (Phi) is 26.4. The van der Waals surface area contributed by atoms with Gasteiger partial charge in [0, 0.05) is 225 Å². The highest BCUT2D eigenvalue weighted by atomic mass is 16.5. The van der Waals surface area contributed by atoms with Gasteiger partial charge in [0.15, 0.2) is 0 Å². The lowest BCUT2D eigenvalue weighted by atomic mass is 9.99. The van der Waals surface area contributed by atoms with E-state index in [1.807, 2.05) is 85.9 Å². The van der Waals surface area contributed by atoms with Gasteiger partial charge in [-0.2, -0.15) is 0 Å². The number of aliphatic carboxylic acids is 1. The molecular weight excluding hydrogens is 1730 g/mol. The molecule has 8 aromatic rings. The van der Waals surface area contributed by atoms with Crippen LogP contribution in [0, 0.1) is 0 Å². The minimum absolute atomic E-state index is 0.0869. The smallest absolute Gasteiger partial charge is 0.335 e. The van der Waals surface area contributed by atoms with Crippen LogP contribution in [-0.2, 0) is 64.4 Å². The molecule has 6 fully saturated rings. The third-order valence-electron chi connectivity index (χ3n) is 27.8. The van der Waals surface area contributed by atoms with Gasteiger partial charge >= 0.3 is 5.97 Å². The summed E-state index contributed by atoms with van der Waals surface area (Å²) in [6.07, 6.45) is 4.19. The molecule has 135 heavy (non-hydrogen) atoms. The van der Waals surface area contributed by atoms with E-state index in [0.717, 1.165) is 188 Å². The molecule has 0 spiro atoms. The molecule has 0 aliphatic carbocycles. The maximum atomic E-state index is 13.5. The SMILES string of the molecule is CC1=C(C(=O)Nc2ccc3c(c2)C(c2ccnc(N4C[C@@H](C)N(CCOCCN5CCN(c6ccc7c(c6)C(=O)N(C6CCC(=O)NC6=O)C7=O)CC5)[C@@H](C)C4)c2)=NC3)Cn2nnnc2N1C.CC1=C(C(=O)O)Cn2nnnc2N1C.C[C@@H]1CN(c2cc(C3=NCc4ccc(N)cc43)ccn2)C[C@H](C)N1CCOCCN1CCN(c2ccc3c(c2)C(=O)N(C2CCC(=O)NC2=O)C3=O)CC1. The number of hydrogen-bond acceptors (Lipinski definition) is 33. The molecular formula is C94H110N28O13. The van der Waals surface area contributed by atoms with Crippen molar-refractivity contribution in [2.45, 2.75) is 130 Å². The number of aliphatic imine (C=N–C) groups is 2. The molecule has 41 nitrogen and oxygen atoms in total. The number of pyridine rings is 2. The van der Waals surface area contributed by atoms with Crippen LogP contribution in [-0.4, -0.2) is 337 Å². The van der Waals surface area contributed by atoms with E-state index in [9.17, 15) is 47.9 Å². The summed E-state index contributed by atoms with van der Waals surface area (Å²) in [5.74, 6) is -2.05. The number of carboxylic acid groups (broad SMARTS) is 1. The normalized spacial score (nSPS) is 22.1. The Morgan fingerprint density at radius 2 is 0.904 bits per heavy atom. The Labute approximate surface area is 779 Å². The van der Waals surface area contributed by atoms with Crippen molar-refractivity contribution in [3.8, 4) is 0 Å². The number of benzene rings is 4. The number of nitrogens with zero attached hydrogens (tertiary/aromatic N) is 24. The first kappa shape index (κ1) is 91.5. The molecule has 4 aromatic carbocycles. The quantitative estimate of drug-likeness (QED) is 0.0347. The molecule has 704 valence electrons. The van der Waals surface area contributed by atoms with Crippen molar-refractivity contribution in [3.05, 3.63) is 188 Å². The summed E-state index contributed by atoms with van der Waals surface area (Å²) in [7, 11) is 3.58. The largest absolute Gasteiger partial charge is 0.478 e. The Balaban J connectivity index is 0.000000160. The lowest BCUT2D eigenvalue weighted by Gasteiger charge is -2.45. The van der Waals surface area contributed by atoms with Crippen molar-refractivity contribution in [2.75, 3.05) is 186 Å². The standard InChI is InChI=1S/C47H54N14O6.C40H47N9O5.C7H9N5O2/c1-28-25-58(40-21-31(11-12-48-40)42-36-22-33(6-5-32(36)24-49-42)50-43(63)38-27-60-47(52-53-54-60)55(4)30(38)3)26-29(2)59(28)18-20-67-19-17-56-13-15-57(16-14-56)34-7-8-35-37(23-34)46(66)61(45(35)65)39-9-10-41(62)51-44(39)64;1-25-23-47(35-19-27(9-10-42-35)37-32-20-29(41)4-3-28(32)22-43-37)24-26(2)48(25)16-18-54-17-15-45-11-13-46(14-12-45)30-5-6-31-33(21-30)40(53)49(39(31)52)34-7-8-36(50)44-38(34)51;1-4-5(6(13)14)3-12-7(11(4)2)8-9-10-12/h5-8,11-12,21-23,28-29,39H,9-10,13-20,24-27H2,1-4H3,(H,50,63)(H,51,62,64);3-6,9-10,19-21,25-26,34H,7-8,11-18,22-24,41H2,1-2H3,(H,44,50,51);3H2,1-2H3,(H,13,14)/t28-,29+,39?;25-,26+,34?;. The predicted octanol–water partition coefficient (Wildman–Crippen LogP) is 3.56. The van der Waals surface area contributed by atoms with Crippen LogP contribution in [0.25, 0.3) is 0 Å². The monoisotopic (exact) mass is 1840 g/mol. The first-order chi connectivity index (χ1) is 65.2.